The number of carbonyl (C=O) groups is 1. The van der Waals surface area contributed by atoms with Crippen molar-refractivity contribution in [2.24, 2.45) is 0 Å². The topological polar surface area (TPSA) is 58.6 Å². The molecule has 1 atom stereocenters. The summed E-state index contributed by atoms with van der Waals surface area (Å²) in [5.41, 5.74) is 1.71. The number of amides is 1. The van der Waals surface area contributed by atoms with Crippen LogP contribution in [0.5, 0.6) is 5.75 Å². The van der Waals surface area contributed by atoms with Crippen LogP contribution in [0.1, 0.15) is 23.7 Å². The van der Waals surface area contributed by atoms with Gasteiger partial charge in [-0.3, -0.25) is 4.79 Å². The van der Waals surface area contributed by atoms with Crippen molar-refractivity contribution in [2.75, 3.05) is 13.7 Å². The highest BCUT2D eigenvalue weighted by Gasteiger charge is 2.13. The molecule has 23 heavy (non-hydrogen) atoms. The highest BCUT2D eigenvalue weighted by molar-refractivity contribution is 6.30. The predicted octanol–water partition coefficient (Wildman–Crippen LogP) is 3.13. The molecule has 0 spiro atoms. The van der Waals surface area contributed by atoms with Crippen LogP contribution in [-0.4, -0.2) is 24.7 Å². The molecule has 0 fully saturated rings. The Morgan fingerprint density at radius 2 is 1.91 bits per heavy atom. The molecule has 122 valence electrons. The van der Waals surface area contributed by atoms with Gasteiger partial charge < -0.3 is 15.2 Å². The van der Waals surface area contributed by atoms with E-state index in [0.717, 1.165) is 11.3 Å². The fourth-order valence-corrected chi connectivity index (χ4v) is 2.42. The Bertz CT molecular complexity index is 643. The van der Waals surface area contributed by atoms with E-state index in [0.29, 0.717) is 23.6 Å². The molecule has 0 aromatic heterocycles. The Labute approximate surface area is 141 Å². The molecule has 2 N–H and O–H groups in total. The monoisotopic (exact) mass is 333 g/mol. The van der Waals surface area contributed by atoms with Crippen LogP contribution in [0.2, 0.25) is 5.02 Å². The Morgan fingerprint density at radius 3 is 2.61 bits per heavy atom. The number of rotatable bonds is 7. The molecule has 1 amide bonds. The summed E-state index contributed by atoms with van der Waals surface area (Å²) in [6.45, 7) is 0.493. The van der Waals surface area contributed by atoms with Gasteiger partial charge in [0, 0.05) is 11.6 Å². The smallest absolute Gasteiger partial charge is 0.222 e. The minimum absolute atomic E-state index is 0.0214. The molecule has 0 aliphatic rings. The highest BCUT2D eigenvalue weighted by atomic mass is 35.5. The third kappa shape index (κ3) is 5.27. The minimum atomic E-state index is -0.835. The number of nitrogens with one attached hydrogen (secondary N) is 1. The van der Waals surface area contributed by atoms with Crippen LogP contribution in [0, 0.1) is 0 Å². The van der Waals surface area contributed by atoms with E-state index < -0.39 is 6.10 Å². The van der Waals surface area contributed by atoms with E-state index in [-0.39, 0.29) is 12.3 Å². The molecule has 0 aliphatic carbocycles. The molecule has 0 saturated carbocycles. The molecule has 0 radical (unpaired) electrons. The lowest BCUT2D eigenvalue weighted by atomic mass is 10.1. The molecule has 0 bridgehead atoms. The molecule has 4 nitrogen and oxygen atoms in total. The fourth-order valence-electron chi connectivity index (χ4n) is 2.30. The van der Waals surface area contributed by atoms with Gasteiger partial charge in [-0.15, -0.1) is 0 Å². The van der Waals surface area contributed by atoms with Gasteiger partial charge in [0.2, 0.25) is 5.91 Å². The lowest BCUT2D eigenvalue weighted by Gasteiger charge is -2.12. The first kappa shape index (κ1) is 17.3. The van der Waals surface area contributed by atoms with Crippen LogP contribution in [0.15, 0.2) is 48.5 Å². The Morgan fingerprint density at radius 1 is 1.22 bits per heavy atom. The Hall–Kier alpha value is -2.04. The molecule has 2 aromatic rings. The normalized spacial score (nSPS) is 11.8. The van der Waals surface area contributed by atoms with E-state index in [9.17, 15) is 9.90 Å². The van der Waals surface area contributed by atoms with Crippen molar-refractivity contribution in [1.82, 2.24) is 5.32 Å². The zero-order valence-electron chi connectivity index (χ0n) is 13.0. The summed E-state index contributed by atoms with van der Waals surface area (Å²) in [7, 11) is 1.62. The van der Waals surface area contributed by atoms with Crippen molar-refractivity contribution >= 4 is 17.5 Å². The predicted molar refractivity (Wildman–Crippen MR) is 90.7 cm³/mol. The van der Waals surface area contributed by atoms with Crippen molar-refractivity contribution in [1.29, 1.82) is 0 Å². The van der Waals surface area contributed by atoms with E-state index in [1.165, 1.54) is 0 Å². The molecule has 1 unspecified atom stereocenters. The van der Waals surface area contributed by atoms with Gasteiger partial charge in [-0.25, -0.2) is 0 Å². The van der Waals surface area contributed by atoms with Crippen molar-refractivity contribution < 1.29 is 14.6 Å². The van der Waals surface area contributed by atoms with Crippen LogP contribution < -0.4 is 10.1 Å². The van der Waals surface area contributed by atoms with Crippen LogP contribution in [0.3, 0.4) is 0 Å². The third-order valence-electron chi connectivity index (χ3n) is 3.54. The average molecular weight is 334 g/mol. The number of aliphatic hydroxyl groups is 1. The molecule has 2 rings (SSSR count). The van der Waals surface area contributed by atoms with Gasteiger partial charge in [0.25, 0.3) is 0 Å². The summed E-state index contributed by atoms with van der Waals surface area (Å²) in [4.78, 5) is 11.9. The number of hydrogen-bond acceptors (Lipinski definition) is 3. The Balaban J connectivity index is 1.80. The quantitative estimate of drug-likeness (QED) is 0.818. The third-order valence-corrected chi connectivity index (χ3v) is 3.79. The SMILES string of the molecule is COc1ccccc1CCNC(=O)CC(O)c1ccc(Cl)cc1. The maximum atomic E-state index is 11.9. The number of benzene rings is 2. The fraction of sp³-hybridized carbons (Fsp3) is 0.278. The van der Waals surface area contributed by atoms with Crippen LogP contribution in [0.4, 0.5) is 0 Å². The number of ether oxygens (including phenoxy) is 1. The van der Waals surface area contributed by atoms with E-state index in [1.54, 1.807) is 31.4 Å². The van der Waals surface area contributed by atoms with Gasteiger partial charge in [0.15, 0.2) is 0 Å². The van der Waals surface area contributed by atoms with Crippen LogP contribution >= 0.6 is 11.6 Å². The maximum absolute atomic E-state index is 11.9. The number of carbonyl (C=O) groups excluding carboxylic acids is 1. The average Bonchev–Trinajstić information content (AvgIpc) is 2.55. The molecule has 5 heteroatoms. The van der Waals surface area contributed by atoms with Crippen LogP contribution in [-0.2, 0) is 11.2 Å². The summed E-state index contributed by atoms with van der Waals surface area (Å²) in [5, 5.41) is 13.5. The summed E-state index contributed by atoms with van der Waals surface area (Å²) in [6.07, 6.45) is -0.140. The van der Waals surface area contributed by atoms with Gasteiger partial charge in [-0.05, 0) is 35.7 Å². The van der Waals surface area contributed by atoms with E-state index in [4.69, 9.17) is 16.3 Å². The molecule has 0 heterocycles. The van der Waals surface area contributed by atoms with Crippen molar-refractivity contribution in [2.45, 2.75) is 18.9 Å². The molecular weight excluding hydrogens is 314 g/mol. The number of para-hydroxylation sites is 1. The molecule has 2 aromatic carbocycles. The Kier molecular flexibility index (Phi) is 6.44. The summed E-state index contributed by atoms with van der Waals surface area (Å²) in [6, 6.07) is 14.5. The first-order valence-corrected chi connectivity index (χ1v) is 7.80. The lowest BCUT2D eigenvalue weighted by Crippen LogP contribution is -2.27. The van der Waals surface area contributed by atoms with E-state index in [1.807, 2.05) is 24.3 Å². The lowest BCUT2D eigenvalue weighted by molar-refractivity contribution is -0.123. The van der Waals surface area contributed by atoms with Gasteiger partial charge in [-0.1, -0.05) is 41.9 Å². The van der Waals surface area contributed by atoms with Gasteiger partial charge in [0.05, 0.1) is 19.6 Å². The summed E-state index contributed by atoms with van der Waals surface area (Å²) < 4.78 is 5.27. The minimum Gasteiger partial charge on any atom is -0.496 e. The van der Waals surface area contributed by atoms with Crippen molar-refractivity contribution in [3.8, 4) is 5.75 Å². The zero-order valence-corrected chi connectivity index (χ0v) is 13.7. The molecule has 0 saturated heterocycles. The largest absolute Gasteiger partial charge is 0.496 e. The van der Waals surface area contributed by atoms with Gasteiger partial charge in [-0.2, -0.15) is 0 Å². The van der Waals surface area contributed by atoms with Gasteiger partial charge >= 0.3 is 0 Å². The standard InChI is InChI=1S/C18H20ClNO3/c1-23-17-5-3-2-4-14(17)10-11-20-18(22)12-16(21)13-6-8-15(19)9-7-13/h2-9,16,21H,10-12H2,1H3,(H,20,22). The second-order valence-corrected chi connectivity index (χ2v) is 5.62. The second kappa shape index (κ2) is 8.56. The molecular formula is C18H20ClNO3. The first-order valence-electron chi connectivity index (χ1n) is 7.42. The van der Waals surface area contributed by atoms with E-state index >= 15 is 0 Å². The van der Waals surface area contributed by atoms with E-state index in [2.05, 4.69) is 5.32 Å². The van der Waals surface area contributed by atoms with Crippen molar-refractivity contribution in [3.63, 3.8) is 0 Å². The number of halogens is 1. The highest BCUT2D eigenvalue weighted by Crippen LogP contribution is 2.19. The number of aliphatic hydroxyl groups excluding tert-OH is 1. The summed E-state index contributed by atoms with van der Waals surface area (Å²) >= 11 is 5.80. The van der Waals surface area contributed by atoms with Gasteiger partial charge in [0.1, 0.15) is 5.75 Å². The number of methoxy groups -OCH3 is 1. The number of hydrogen-bond donors (Lipinski definition) is 2. The first-order chi connectivity index (χ1) is 11.1. The summed E-state index contributed by atoms with van der Waals surface area (Å²) in [5.74, 6) is 0.616. The van der Waals surface area contributed by atoms with Crippen molar-refractivity contribution in [3.05, 3.63) is 64.7 Å². The maximum Gasteiger partial charge on any atom is 0.222 e. The molecule has 0 aliphatic heterocycles. The second-order valence-electron chi connectivity index (χ2n) is 5.18. The van der Waals surface area contributed by atoms with Crippen LogP contribution in [0.25, 0.3) is 0 Å². The zero-order chi connectivity index (χ0) is 16.7.